The summed E-state index contributed by atoms with van der Waals surface area (Å²) in [6, 6.07) is 0.277. The first-order chi connectivity index (χ1) is 12.0. The standard InChI is InChI=1S/C18H27N5O2/c1-12-19-10-14(18(25)21-13-7-8-13)17(20-12)15-6-4-5-9-23(15)11-16(24)22(2)3/h10,13,15H,4-9,11H2,1-3H3,(H,21,25)/t15-/m1/s1. The summed E-state index contributed by atoms with van der Waals surface area (Å²) in [7, 11) is 3.54. The van der Waals surface area contributed by atoms with Crippen LogP contribution in [-0.4, -0.2) is 64.8 Å². The van der Waals surface area contributed by atoms with Crippen LogP contribution in [0.3, 0.4) is 0 Å². The molecule has 2 amide bonds. The van der Waals surface area contributed by atoms with E-state index >= 15 is 0 Å². The van der Waals surface area contributed by atoms with E-state index in [0.717, 1.165) is 44.3 Å². The molecule has 1 saturated heterocycles. The van der Waals surface area contributed by atoms with E-state index in [1.165, 1.54) is 0 Å². The molecule has 136 valence electrons. The highest BCUT2D eigenvalue weighted by atomic mass is 16.2. The summed E-state index contributed by atoms with van der Waals surface area (Å²) < 4.78 is 0. The van der Waals surface area contributed by atoms with Gasteiger partial charge in [0.05, 0.1) is 23.8 Å². The average Bonchev–Trinajstić information content (AvgIpc) is 3.39. The summed E-state index contributed by atoms with van der Waals surface area (Å²) in [5.41, 5.74) is 1.31. The largest absolute Gasteiger partial charge is 0.349 e. The molecule has 7 heteroatoms. The minimum atomic E-state index is -0.0954. The number of piperidine rings is 1. The highest BCUT2D eigenvalue weighted by Gasteiger charge is 2.32. The van der Waals surface area contributed by atoms with Crippen LogP contribution < -0.4 is 5.32 Å². The molecule has 2 fully saturated rings. The van der Waals surface area contributed by atoms with Crippen LogP contribution in [0.15, 0.2) is 6.20 Å². The molecule has 2 aliphatic rings. The first-order valence-corrected chi connectivity index (χ1v) is 9.04. The number of likely N-dealkylation sites (N-methyl/N-ethyl adjacent to an activating group) is 1. The SMILES string of the molecule is Cc1ncc(C(=O)NC2CC2)c([C@H]2CCCCN2CC(=O)N(C)C)n1. The molecule has 1 aromatic heterocycles. The van der Waals surface area contributed by atoms with E-state index in [0.29, 0.717) is 24.0 Å². The number of hydrogen-bond acceptors (Lipinski definition) is 5. The molecule has 7 nitrogen and oxygen atoms in total. The van der Waals surface area contributed by atoms with Gasteiger partial charge in [-0.1, -0.05) is 6.42 Å². The Morgan fingerprint density at radius 1 is 1.28 bits per heavy atom. The number of carbonyl (C=O) groups excluding carboxylic acids is 2. The van der Waals surface area contributed by atoms with Crippen LogP contribution in [0.2, 0.25) is 0 Å². The van der Waals surface area contributed by atoms with Crippen LogP contribution in [-0.2, 0) is 4.79 Å². The Morgan fingerprint density at radius 2 is 2.04 bits per heavy atom. The zero-order valence-corrected chi connectivity index (χ0v) is 15.3. The molecule has 0 radical (unpaired) electrons. The molecular formula is C18H27N5O2. The molecule has 0 bridgehead atoms. The maximum atomic E-state index is 12.6. The van der Waals surface area contributed by atoms with Gasteiger partial charge in [-0.3, -0.25) is 14.5 Å². The second-order valence-electron chi connectivity index (χ2n) is 7.23. The van der Waals surface area contributed by atoms with Crippen LogP contribution in [0.5, 0.6) is 0 Å². The van der Waals surface area contributed by atoms with Gasteiger partial charge in [-0.05, 0) is 39.2 Å². The monoisotopic (exact) mass is 345 g/mol. The van der Waals surface area contributed by atoms with Crippen molar-refractivity contribution in [2.75, 3.05) is 27.2 Å². The molecule has 1 saturated carbocycles. The lowest BCUT2D eigenvalue weighted by molar-refractivity contribution is -0.130. The first kappa shape index (κ1) is 17.8. The molecule has 3 rings (SSSR count). The second kappa shape index (κ2) is 7.47. The molecule has 2 heterocycles. The molecule has 0 unspecified atom stereocenters. The Morgan fingerprint density at radius 3 is 2.72 bits per heavy atom. The summed E-state index contributed by atoms with van der Waals surface area (Å²) >= 11 is 0. The zero-order valence-electron chi connectivity index (χ0n) is 15.3. The van der Waals surface area contributed by atoms with E-state index in [1.807, 2.05) is 6.92 Å². The van der Waals surface area contributed by atoms with Crippen molar-refractivity contribution in [1.82, 2.24) is 25.1 Å². The number of nitrogens with zero attached hydrogens (tertiary/aromatic N) is 4. The molecule has 25 heavy (non-hydrogen) atoms. The van der Waals surface area contributed by atoms with E-state index in [4.69, 9.17) is 0 Å². The molecule has 1 aliphatic carbocycles. The van der Waals surface area contributed by atoms with Gasteiger partial charge < -0.3 is 10.2 Å². The number of rotatable bonds is 5. The van der Waals surface area contributed by atoms with Crippen molar-refractivity contribution in [3.63, 3.8) is 0 Å². The third-order valence-electron chi connectivity index (χ3n) is 4.86. The van der Waals surface area contributed by atoms with Gasteiger partial charge in [-0.2, -0.15) is 0 Å². The number of hydrogen-bond donors (Lipinski definition) is 1. The van der Waals surface area contributed by atoms with E-state index in [2.05, 4.69) is 20.2 Å². The molecule has 0 spiro atoms. The maximum Gasteiger partial charge on any atom is 0.254 e. The van der Waals surface area contributed by atoms with Gasteiger partial charge in [0.2, 0.25) is 5.91 Å². The van der Waals surface area contributed by atoms with Crippen LogP contribution in [0.4, 0.5) is 0 Å². The van der Waals surface area contributed by atoms with Gasteiger partial charge in [0, 0.05) is 26.3 Å². The number of aryl methyl sites for hydroxylation is 1. The van der Waals surface area contributed by atoms with Crippen molar-refractivity contribution in [1.29, 1.82) is 0 Å². The van der Waals surface area contributed by atoms with Gasteiger partial charge in [0.15, 0.2) is 0 Å². The van der Waals surface area contributed by atoms with Gasteiger partial charge in [-0.15, -0.1) is 0 Å². The van der Waals surface area contributed by atoms with Gasteiger partial charge in [-0.25, -0.2) is 9.97 Å². The van der Waals surface area contributed by atoms with Crippen LogP contribution >= 0.6 is 0 Å². The van der Waals surface area contributed by atoms with E-state index in [-0.39, 0.29) is 17.9 Å². The quantitative estimate of drug-likeness (QED) is 0.870. The predicted molar refractivity (Wildman–Crippen MR) is 94.1 cm³/mol. The normalized spacial score (nSPS) is 21.0. The molecule has 1 atom stereocenters. The minimum Gasteiger partial charge on any atom is -0.349 e. The average molecular weight is 345 g/mol. The Balaban J connectivity index is 1.87. The number of likely N-dealkylation sites (tertiary alicyclic amines) is 1. The van der Waals surface area contributed by atoms with Crippen LogP contribution in [0.1, 0.15) is 60.0 Å². The summed E-state index contributed by atoms with van der Waals surface area (Å²) in [5.74, 6) is 0.631. The molecule has 1 aliphatic heterocycles. The predicted octanol–water partition coefficient (Wildman–Crippen LogP) is 1.29. The van der Waals surface area contributed by atoms with Crippen molar-refractivity contribution in [3.05, 3.63) is 23.3 Å². The van der Waals surface area contributed by atoms with Gasteiger partial charge >= 0.3 is 0 Å². The Kier molecular flexibility index (Phi) is 5.32. The third-order valence-corrected chi connectivity index (χ3v) is 4.86. The molecule has 1 aromatic rings. The van der Waals surface area contributed by atoms with Crippen molar-refractivity contribution in [2.24, 2.45) is 0 Å². The fourth-order valence-electron chi connectivity index (χ4n) is 3.21. The lowest BCUT2D eigenvalue weighted by atomic mass is 9.96. The van der Waals surface area contributed by atoms with E-state index in [1.54, 1.807) is 25.2 Å². The number of carbonyl (C=O) groups is 2. The number of nitrogens with one attached hydrogen (secondary N) is 1. The van der Waals surface area contributed by atoms with E-state index < -0.39 is 0 Å². The third kappa shape index (κ3) is 4.34. The first-order valence-electron chi connectivity index (χ1n) is 9.04. The fraction of sp³-hybridized carbons (Fsp3) is 0.667. The van der Waals surface area contributed by atoms with Crippen LogP contribution in [0.25, 0.3) is 0 Å². The van der Waals surface area contributed by atoms with Crippen LogP contribution in [0, 0.1) is 6.92 Å². The molecule has 1 N–H and O–H groups in total. The number of amides is 2. The summed E-state index contributed by atoms with van der Waals surface area (Å²) in [4.78, 5) is 37.4. The smallest absolute Gasteiger partial charge is 0.254 e. The lowest BCUT2D eigenvalue weighted by Crippen LogP contribution is -2.42. The van der Waals surface area contributed by atoms with Crippen molar-refractivity contribution in [2.45, 2.75) is 51.1 Å². The molecular weight excluding hydrogens is 318 g/mol. The topological polar surface area (TPSA) is 78.4 Å². The maximum absolute atomic E-state index is 12.6. The van der Waals surface area contributed by atoms with Gasteiger partial charge in [0.25, 0.3) is 5.91 Å². The lowest BCUT2D eigenvalue weighted by Gasteiger charge is -2.36. The Labute approximate surface area is 148 Å². The second-order valence-corrected chi connectivity index (χ2v) is 7.23. The summed E-state index contributed by atoms with van der Waals surface area (Å²) in [6.07, 6.45) is 6.76. The summed E-state index contributed by atoms with van der Waals surface area (Å²) in [6.45, 7) is 3.03. The Bertz CT molecular complexity index is 657. The van der Waals surface area contributed by atoms with Gasteiger partial charge in [0.1, 0.15) is 5.82 Å². The fourth-order valence-corrected chi connectivity index (χ4v) is 3.21. The van der Waals surface area contributed by atoms with Crippen molar-refractivity contribution >= 4 is 11.8 Å². The highest BCUT2D eigenvalue weighted by molar-refractivity contribution is 5.95. The molecule has 0 aromatic carbocycles. The van der Waals surface area contributed by atoms with Crippen molar-refractivity contribution < 1.29 is 9.59 Å². The summed E-state index contributed by atoms with van der Waals surface area (Å²) in [5, 5.41) is 3.03. The minimum absolute atomic E-state index is 0.0145. The van der Waals surface area contributed by atoms with E-state index in [9.17, 15) is 9.59 Å². The number of aromatic nitrogens is 2. The Hall–Kier alpha value is -2.02. The van der Waals surface area contributed by atoms with Crippen molar-refractivity contribution in [3.8, 4) is 0 Å². The highest BCUT2D eigenvalue weighted by Crippen LogP contribution is 2.32. The zero-order chi connectivity index (χ0) is 18.0.